The first kappa shape index (κ1) is 17.8. The van der Waals surface area contributed by atoms with Gasteiger partial charge in [-0.15, -0.1) is 0 Å². The van der Waals surface area contributed by atoms with E-state index in [2.05, 4.69) is 6.92 Å². The van der Waals surface area contributed by atoms with Crippen LogP contribution < -0.4 is 0 Å². The minimum atomic E-state index is -0.780. The third-order valence-electron chi connectivity index (χ3n) is 4.69. The molecule has 1 N–H and O–H groups in total. The van der Waals surface area contributed by atoms with Crippen LogP contribution in [0.5, 0.6) is 0 Å². The molecule has 1 fully saturated rings. The average Bonchev–Trinajstić information content (AvgIpc) is 2.46. The molecule has 0 radical (unpaired) electrons. The van der Waals surface area contributed by atoms with Crippen molar-refractivity contribution in [2.75, 3.05) is 26.7 Å². The number of aliphatic carboxylic acids is 1. The summed E-state index contributed by atoms with van der Waals surface area (Å²) in [4.78, 5) is 27.4. The summed E-state index contributed by atoms with van der Waals surface area (Å²) >= 11 is 0. The maximum absolute atomic E-state index is 12.4. The first-order valence-corrected chi connectivity index (χ1v) is 8.04. The molecule has 0 saturated carbocycles. The van der Waals surface area contributed by atoms with Crippen LogP contribution >= 0.6 is 0 Å². The number of hydrogen-bond donors (Lipinski definition) is 1. The van der Waals surface area contributed by atoms with Crippen molar-refractivity contribution in [2.45, 2.75) is 52.9 Å². The molecule has 1 aliphatic heterocycles. The zero-order chi connectivity index (χ0) is 16.0. The van der Waals surface area contributed by atoms with Crippen molar-refractivity contribution in [3.05, 3.63) is 0 Å². The zero-order valence-electron chi connectivity index (χ0n) is 13.9. The Balaban J connectivity index is 2.59. The van der Waals surface area contributed by atoms with Gasteiger partial charge in [-0.3, -0.25) is 4.79 Å². The van der Waals surface area contributed by atoms with Crippen molar-refractivity contribution in [2.24, 2.45) is 11.3 Å². The van der Waals surface area contributed by atoms with E-state index in [0.717, 1.165) is 45.2 Å². The van der Waals surface area contributed by atoms with E-state index in [1.807, 2.05) is 11.9 Å². The summed E-state index contributed by atoms with van der Waals surface area (Å²) in [5, 5.41) is 9.36. The molecule has 1 atom stereocenters. The number of amides is 2. The Kier molecular flexibility index (Phi) is 6.49. The highest BCUT2D eigenvalue weighted by atomic mass is 16.4. The molecule has 0 aromatic heterocycles. The maximum Gasteiger partial charge on any atom is 0.319 e. The molecule has 0 spiro atoms. The van der Waals surface area contributed by atoms with Gasteiger partial charge in [-0.25, -0.2) is 4.79 Å². The molecule has 1 unspecified atom stereocenters. The van der Waals surface area contributed by atoms with E-state index in [-0.39, 0.29) is 11.9 Å². The number of carbonyl (C=O) groups excluding carboxylic acids is 1. The van der Waals surface area contributed by atoms with Gasteiger partial charge in [-0.1, -0.05) is 19.8 Å². The number of unbranched alkanes of at least 4 members (excludes halogenated alkanes) is 2. The van der Waals surface area contributed by atoms with Crippen molar-refractivity contribution in [1.82, 2.24) is 9.80 Å². The molecular weight excluding hydrogens is 268 g/mol. The molecule has 0 bridgehead atoms. The van der Waals surface area contributed by atoms with Crippen LogP contribution in [-0.2, 0) is 4.79 Å². The summed E-state index contributed by atoms with van der Waals surface area (Å²) < 4.78 is 0. The van der Waals surface area contributed by atoms with E-state index >= 15 is 0 Å². The number of urea groups is 1. The third-order valence-corrected chi connectivity index (χ3v) is 4.69. The van der Waals surface area contributed by atoms with E-state index in [1.165, 1.54) is 0 Å². The third kappa shape index (κ3) is 4.61. The smallest absolute Gasteiger partial charge is 0.319 e. The number of nitrogens with zero attached hydrogens (tertiary/aromatic N) is 2. The van der Waals surface area contributed by atoms with Gasteiger partial charge in [0, 0.05) is 26.7 Å². The first-order chi connectivity index (χ1) is 9.80. The van der Waals surface area contributed by atoms with Gasteiger partial charge in [0.1, 0.15) is 0 Å². The monoisotopic (exact) mass is 298 g/mol. The van der Waals surface area contributed by atoms with Crippen LogP contribution in [0.3, 0.4) is 0 Å². The Hall–Kier alpha value is -1.26. The van der Waals surface area contributed by atoms with Gasteiger partial charge in [0.25, 0.3) is 0 Å². The molecule has 5 nitrogen and oxygen atoms in total. The first-order valence-electron chi connectivity index (χ1n) is 8.04. The minimum absolute atomic E-state index is 0.0248. The van der Waals surface area contributed by atoms with Crippen molar-refractivity contribution in [1.29, 1.82) is 0 Å². The number of likely N-dealkylation sites (tertiary alicyclic amines) is 1. The summed E-state index contributed by atoms with van der Waals surface area (Å²) in [6.45, 7) is 7.73. The second-order valence-electron chi connectivity index (χ2n) is 6.72. The Labute approximate surface area is 128 Å². The Bertz CT molecular complexity index is 369. The Morgan fingerprint density at radius 1 is 1.33 bits per heavy atom. The van der Waals surface area contributed by atoms with Crippen LogP contribution in [0.25, 0.3) is 0 Å². The van der Waals surface area contributed by atoms with E-state index in [1.54, 1.807) is 18.7 Å². The molecule has 21 heavy (non-hydrogen) atoms. The Morgan fingerprint density at radius 3 is 2.57 bits per heavy atom. The summed E-state index contributed by atoms with van der Waals surface area (Å²) in [5.41, 5.74) is -0.778. The van der Waals surface area contributed by atoms with Crippen LogP contribution in [0.4, 0.5) is 4.79 Å². The highest BCUT2D eigenvalue weighted by molar-refractivity contribution is 5.76. The Morgan fingerprint density at radius 2 is 2.00 bits per heavy atom. The number of hydrogen-bond acceptors (Lipinski definition) is 2. The molecule has 1 aliphatic rings. The fraction of sp³-hybridized carbons (Fsp3) is 0.875. The number of carboxylic acids is 1. The van der Waals surface area contributed by atoms with Crippen molar-refractivity contribution < 1.29 is 14.7 Å². The number of rotatable bonds is 6. The SMILES string of the molecule is CCCCCN(C)C(=O)N1CCCC(C(C)(C)C(=O)O)C1. The maximum atomic E-state index is 12.4. The fourth-order valence-corrected chi connectivity index (χ4v) is 2.85. The predicted molar refractivity (Wildman–Crippen MR) is 83.3 cm³/mol. The lowest BCUT2D eigenvalue weighted by atomic mass is 9.74. The van der Waals surface area contributed by atoms with Gasteiger partial charge >= 0.3 is 12.0 Å². The topological polar surface area (TPSA) is 60.9 Å². The predicted octanol–water partition coefficient (Wildman–Crippen LogP) is 3.05. The number of carboxylic acid groups (broad SMARTS) is 1. The molecular formula is C16H30N2O3. The highest BCUT2D eigenvalue weighted by Crippen LogP contribution is 2.34. The van der Waals surface area contributed by atoms with Crippen molar-refractivity contribution in [3.8, 4) is 0 Å². The van der Waals surface area contributed by atoms with Crippen LogP contribution in [-0.4, -0.2) is 53.6 Å². The van der Waals surface area contributed by atoms with Crippen molar-refractivity contribution >= 4 is 12.0 Å². The van der Waals surface area contributed by atoms with E-state index < -0.39 is 11.4 Å². The van der Waals surface area contributed by atoms with Gasteiger partial charge in [0.05, 0.1) is 5.41 Å². The number of carbonyl (C=O) groups is 2. The molecule has 122 valence electrons. The summed E-state index contributed by atoms with van der Waals surface area (Å²) in [6, 6.07) is 0.0389. The lowest BCUT2D eigenvalue weighted by molar-refractivity contribution is -0.151. The van der Waals surface area contributed by atoms with Crippen LogP contribution in [0, 0.1) is 11.3 Å². The summed E-state index contributed by atoms with van der Waals surface area (Å²) in [7, 11) is 1.84. The number of piperidine rings is 1. The zero-order valence-corrected chi connectivity index (χ0v) is 13.9. The van der Waals surface area contributed by atoms with E-state index in [4.69, 9.17) is 0 Å². The van der Waals surface area contributed by atoms with E-state index in [0.29, 0.717) is 6.54 Å². The molecule has 0 aromatic rings. The van der Waals surface area contributed by atoms with Gasteiger partial charge in [-0.05, 0) is 39.0 Å². The molecule has 1 heterocycles. The van der Waals surface area contributed by atoms with Gasteiger partial charge in [-0.2, -0.15) is 0 Å². The second kappa shape index (κ2) is 7.66. The highest BCUT2D eigenvalue weighted by Gasteiger charge is 2.40. The van der Waals surface area contributed by atoms with Gasteiger partial charge in [0.15, 0.2) is 0 Å². The van der Waals surface area contributed by atoms with Crippen LogP contribution in [0.15, 0.2) is 0 Å². The molecule has 5 heteroatoms. The summed E-state index contributed by atoms with van der Waals surface area (Å²) in [6.07, 6.45) is 5.06. The molecule has 2 amide bonds. The van der Waals surface area contributed by atoms with Crippen molar-refractivity contribution in [3.63, 3.8) is 0 Å². The minimum Gasteiger partial charge on any atom is -0.481 e. The summed E-state index contributed by atoms with van der Waals surface area (Å²) in [5.74, 6) is -0.755. The largest absolute Gasteiger partial charge is 0.481 e. The fourth-order valence-electron chi connectivity index (χ4n) is 2.85. The molecule has 0 aliphatic carbocycles. The molecule has 0 aromatic carbocycles. The standard InChI is InChI=1S/C16H30N2O3/c1-5-6-7-10-17(4)15(21)18-11-8-9-13(12-18)16(2,3)14(19)20/h13H,5-12H2,1-4H3,(H,19,20). The quantitative estimate of drug-likeness (QED) is 0.767. The van der Waals surface area contributed by atoms with Crippen LogP contribution in [0.1, 0.15) is 52.9 Å². The second-order valence-corrected chi connectivity index (χ2v) is 6.72. The van der Waals surface area contributed by atoms with Gasteiger partial charge < -0.3 is 14.9 Å². The lowest BCUT2D eigenvalue weighted by Gasteiger charge is -2.40. The molecule has 1 rings (SSSR count). The molecule has 1 saturated heterocycles. The van der Waals surface area contributed by atoms with Gasteiger partial charge in [0.2, 0.25) is 0 Å². The average molecular weight is 298 g/mol. The normalized spacial score (nSPS) is 19.4. The van der Waals surface area contributed by atoms with Crippen LogP contribution in [0.2, 0.25) is 0 Å². The lowest BCUT2D eigenvalue weighted by Crippen LogP contribution is -2.50. The van der Waals surface area contributed by atoms with E-state index in [9.17, 15) is 14.7 Å².